The molecule has 114 valence electrons. The Bertz CT molecular complexity index is 543. The fourth-order valence-corrected chi connectivity index (χ4v) is 1.84. The standard InChI is InChI=1S/C15H20ClN3O2/c1-4-19(9-11(2)3)14(20)10-21-18-15(17)12-6-5-7-13(16)8-12/h5-8H,2,4,9-10H2,1,3H3,(H2,17,18). The van der Waals surface area contributed by atoms with E-state index in [4.69, 9.17) is 22.2 Å². The molecule has 0 unspecified atom stereocenters. The summed E-state index contributed by atoms with van der Waals surface area (Å²) in [5.74, 6) is 0.0105. The molecule has 0 atom stereocenters. The molecule has 0 radical (unpaired) electrons. The molecule has 2 N–H and O–H groups in total. The number of nitrogens with two attached hydrogens (primary N) is 1. The van der Waals surface area contributed by atoms with Gasteiger partial charge in [0, 0.05) is 23.7 Å². The third-order valence-electron chi connectivity index (χ3n) is 2.67. The lowest BCUT2D eigenvalue weighted by molar-refractivity contribution is -0.135. The van der Waals surface area contributed by atoms with E-state index >= 15 is 0 Å². The third-order valence-corrected chi connectivity index (χ3v) is 2.90. The van der Waals surface area contributed by atoms with Crippen LogP contribution in [0.1, 0.15) is 19.4 Å². The van der Waals surface area contributed by atoms with Gasteiger partial charge in [0.2, 0.25) is 0 Å². The monoisotopic (exact) mass is 309 g/mol. The van der Waals surface area contributed by atoms with Crippen molar-refractivity contribution in [2.45, 2.75) is 13.8 Å². The van der Waals surface area contributed by atoms with Crippen molar-refractivity contribution in [3.63, 3.8) is 0 Å². The minimum absolute atomic E-state index is 0.164. The van der Waals surface area contributed by atoms with Crippen LogP contribution in [-0.2, 0) is 9.63 Å². The summed E-state index contributed by atoms with van der Waals surface area (Å²) in [5.41, 5.74) is 7.32. The first-order valence-electron chi connectivity index (χ1n) is 6.57. The zero-order chi connectivity index (χ0) is 15.8. The van der Waals surface area contributed by atoms with Gasteiger partial charge in [-0.2, -0.15) is 0 Å². The van der Waals surface area contributed by atoms with E-state index in [2.05, 4.69) is 11.7 Å². The number of carbonyl (C=O) groups is 1. The Kier molecular flexibility index (Phi) is 6.75. The highest BCUT2D eigenvalue weighted by Gasteiger charge is 2.12. The van der Waals surface area contributed by atoms with Gasteiger partial charge < -0.3 is 15.5 Å². The molecule has 1 rings (SSSR count). The van der Waals surface area contributed by atoms with E-state index in [1.165, 1.54) is 0 Å². The van der Waals surface area contributed by atoms with E-state index in [1.807, 2.05) is 13.8 Å². The summed E-state index contributed by atoms with van der Waals surface area (Å²) >= 11 is 5.86. The quantitative estimate of drug-likeness (QED) is 0.364. The maximum absolute atomic E-state index is 11.9. The van der Waals surface area contributed by atoms with Gasteiger partial charge in [-0.25, -0.2) is 0 Å². The Morgan fingerprint density at radius 1 is 1.52 bits per heavy atom. The summed E-state index contributed by atoms with van der Waals surface area (Å²) in [6.07, 6.45) is 0. The molecular formula is C15H20ClN3O2. The SMILES string of the molecule is C=C(C)CN(CC)C(=O)CO/N=C(/N)c1cccc(Cl)c1. The van der Waals surface area contributed by atoms with Crippen LogP contribution in [-0.4, -0.2) is 36.3 Å². The summed E-state index contributed by atoms with van der Waals surface area (Å²) in [6, 6.07) is 6.93. The van der Waals surface area contributed by atoms with Gasteiger partial charge in [-0.3, -0.25) is 4.79 Å². The van der Waals surface area contributed by atoms with Gasteiger partial charge in [-0.1, -0.05) is 41.0 Å². The number of amidine groups is 1. The van der Waals surface area contributed by atoms with Crippen molar-refractivity contribution < 1.29 is 9.63 Å². The molecule has 5 nitrogen and oxygen atoms in total. The number of amides is 1. The van der Waals surface area contributed by atoms with Crippen LogP contribution in [0.25, 0.3) is 0 Å². The first kappa shape index (κ1) is 17.0. The lowest BCUT2D eigenvalue weighted by atomic mass is 10.2. The fourth-order valence-electron chi connectivity index (χ4n) is 1.65. The second kappa shape index (κ2) is 8.32. The van der Waals surface area contributed by atoms with E-state index in [1.54, 1.807) is 29.2 Å². The van der Waals surface area contributed by atoms with Crippen molar-refractivity contribution in [2.24, 2.45) is 10.9 Å². The fraction of sp³-hybridized carbons (Fsp3) is 0.333. The summed E-state index contributed by atoms with van der Waals surface area (Å²) in [7, 11) is 0. The van der Waals surface area contributed by atoms with Crippen LogP contribution in [0.15, 0.2) is 41.6 Å². The van der Waals surface area contributed by atoms with Crippen molar-refractivity contribution in [2.75, 3.05) is 19.7 Å². The van der Waals surface area contributed by atoms with E-state index < -0.39 is 0 Å². The minimum Gasteiger partial charge on any atom is -0.384 e. The molecule has 0 aromatic heterocycles. The normalized spacial score (nSPS) is 11.1. The van der Waals surface area contributed by atoms with Gasteiger partial charge in [0.1, 0.15) is 0 Å². The number of hydrogen-bond donors (Lipinski definition) is 1. The van der Waals surface area contributed by atoms with E-state index in [0.29, 0.717) is 23.7 Å². The maximum Gasteiger partial charge on any atom is 0.263 e. The number of halogens is 1. The van der Waals surface area contributed by atoms with E-state index in [0.717, 1.165) is 5.57 Å². The Balaban J connectivity index is 2.56. The lowest BCUT2D eigenvalue weighted by Gasteiger charge is -2.20. The van der Waals surface area contributed by atoms with Gasteiger partial charge >= 0.3 is 0 Å². The van der Waals surface area contributed by atoms with Gasteiger partial charge in [0.25, 0.3) is 5.91 Å². The smallest absolute Gasteiger partial charge is 0.263 e. The third kappa shape index (κ3) is 5.87. The largest absolute Gasteiger partial charge is 0.384 e. The average molecular weight is 310 g/mol. The molecule has 1 amide bonds. The van der Waals surface area contributed by atoms with Crippen molar-refractivity contribution in [3.05, 3.63) is 47.0 Å². The van der Waals surface area contributed by atoms with Crippen LogP contribution in [0.3, 0.4) is 0 Å². The molecule has 6 heteroatoms. The van der Waals surface area contributed by atoms with Crippen LogP contribution >= 0.6 is 11.6 Å². The maximum atomic E-state index is 11.9. The molecule has 0 aliphatic rings. The number of oxime groups is 1. The highest BCUT2D eigenvalue weighted by molar-refractivity contribution is 6.31. The predicted octanol–water partition coefficient (Wildman–Crippen LogP) is 2.40. The van der Waals surface area contributed by atoms with E-state index in [9.17, 15) is 4.79 Å². The molecule has 0 heterocycles. The van der Waals surface area contributed by atoms with Crippen molar-refractivity contribution in [1.82, 2.24) is 4.90 Å². The van der Waals surface area contributed by atoms with Crippen LogP contribution in [0.2, 0.25) is 5.02 Å². The molecule has 0 bridgehead atoms. The minimum atomic E-state index is -0.164. The first-order valence-corrected chi connectivity index (χ1v) is 6.95. The van der Waals surface area contributed by atoms with Crippen LogP contribution < -0.4 is 5.73 Å². The summed E-state index contributed by atoms with van der Waals surface area (Å²) in [4.78, 5) is 18.6. The zero-order valence-corrected chi connectivity index (χ0v) is 13.1. The summed E-state index contributed by atoms with van der Waals surface area (Å²) < 4.78 is 0. The molecular weight excluding hydrogens is 290 g/mol. The Morgan fingerprint density at radius 3 is 2.81 bits per heavy atom. The van der Waals surface area contributed by atoms with Gasteiger partial charge in [0.05, 0.1) is 0 Å². The highest BCUT2D eigenvalue weighted by atomic mass is 35.5. The number of carbonyl (C=O) groups excluding carboxylic acids is 1. The number of hydrogen-bond acceptors (Lipinski definition) is 3. The molecule has 0 fully saturated rings. The zero-order valence-electron chi connectivity index (χ0n) is 12.3. The number of likely N-dealkylation sites (N-methyl/N-ethyl adjacent to an activating group) is 1. The Hall–Kier alpha value is -2.01. The van der Waals surface area contributed by atoms with Crippen molar-refractivity contribution >= 4 is 23.3 Å². The molecule has 0 spiro atoms. The molecule has 21 heavy (non-hydrogen) atoms. The molecule has 1 aromatic rings. The van der Waals surface area contributed by atoms with Crippen LogP contribution in [0.5, 0.6) is 0 Å². The van der Waals surface area contributed by atoms with Gasteiger partial charge in [0.15, 0.2) is 12.4 Å². The van der Waals surface area contributed by atoms with E-state index in [-0.39, 0.29) is 18.3 Å². The second-order valence-corrected chi connectivity index (χ2v) is 5.06. The molecule has 0 saturated carbocycles. The van der Waals surface area contributed by atoms with Crippen molar-refractivity contribution in [1.29, 1.82) is 0 Å². The molecule has 0 saturated heterocycles. The Morgan fingerprint density at radius 2 is 2.24 bits per heavy atom. The average Bonchev–Trinajstić information content (AvgIpc) is 2.44. The summed E-state index contributed by atoms with van der Waals surface area (Å²) in [5, 5.41) is 4.29. The first-order chi connectivity index (χ1) is 9.93. The molecule has 0 aliphatic heterocycles. The predicted molar refractivity (Wildman–Crippen MR) is 85.2 cm³/mol. The topological polar surface area (TPSA) is 67.9 Å². The van der Waals surface area contributed by atoms with Crippen molar-refractivity contribution in [3.8, 4) is 0 Å². The molecule has 0 aliphatic carbocycles. The highest BCUT2D eigenvalue weighted by Crippen LogP contribution is 2.10. The number of nitrogens with zero attached hydrogens (tertiary/aromatic N) is 2. The number of benzene rings is 1. The summed E-state index contributed by atoms with van der Waals surface area (Å²) in [6.45, 7) is 8.48. The number of rotatable bonds is 7. The van der Waals surface area contributed by atoms with Crippen LogP contribution in [0.4, 0.5) is 0 Å². The Labute approximate surface area is 130 Å². The second-order valence-electron chi connectivity index (χ2n) is 4.63. The van der Waals surface area contributed by atoms with Gasteiger partial charge in [-0.05, 0) is 26.0 Å². The van der Waals surface area contributed by atoms with Crippen LogP contribution in [0, 0.1) is 0 Å². The lowest BCUT2D eigenvalue weighted by Crippen LogP contribution is -2.34. The van der Waals surface area contributed by atoms with Gasteiger partial charge in [-0.15, -0.1) is 0 Å². The molecule has 1 aromatic carbocycles.